The highest BCUT2D eigenvalue weighted by molar-refractivity contribution is 8.13. The summed E-state index contributed by atoms with van der Waals surface area (Å²) in [6.45, 7) is 3.94. The molecule has 23 heavy (non-hydrogen) atoms. The van der Waals surface area contributed by atoms with Crippen LogP contribution in [0.3, 0.4) is 0 Å². The topological polar surface area (TPSA) is 49.8 Å². The first-order chi connectivity index (χ1) is 10.9. The number of aryl methyl sites for hydroxylation is 2. The van der Waals surface area contributed by atoms with E-state index in [1.807, 2.05) is 32.0 Å². The highest BCUT2D eigenvalue weighted by Gasteiger charge is 2.20. The molecule has 0 aliphatic carbocycles. The van der Waals surface area contributed by atoms with E-state index in [9.17, 15) is 14.4 Å². The maximum Gasteiger partial charge on any atom is 0.309 e. The molecule has 0 saturated heterocycles. The highest BCUT2D eigenvalue weighted by atomic mass is 32.2. The van der Waals surface area contributed by atoms with Crippen LogP contribution in [0.15, 0.2) is 36.4 Å². The van der Waals surface area contributed by atoms with Gasteiger partial charge < -0.3 is 4.74 Å². The van der Waals surface area contributed by atoms with E-state index in [2.05, 4.69) is 0 Å². The van der Waals surface area contributed by atoms with Crippen molar-refractivity contribution in [1.82, 2.24) is 0 Å². The Morgan fingerprint density at radius 1 is 1.30 bits per heavy atom. The van der Waals surface area contributed by atoms with E-state index in [1.54, 1.807) is 6.07 Å². The maximum atomic E-state index is 14.0. The Morgan fingerprint density at radius 2 is 2.04 bits per heavy atom. The summed E-state index contributed by atoms with van der Waals surface area (Å²) in [5, 5.41) is 9.56. The van der Waals surface area contributed by atoms with Crippen LogP contribution in [0.4, 0.5) is 14.9 Å². The number of anilines is 1. The van der Waals surface area contributed by atoms with E-state index >= 15 is 0 Å². The molecular weight excluding hydrogens is 317 g/mol. The van der Waals surface area contributed by atoms with Crippen molar-refractivity contribution in [2.75, 3.05) is 11.3 Å². The SMILES string of the molecule is CSC(=O)N(O)c1c(F)cccc1COc1ccc(C)cc1C. The normalized spacial score (nSPS) is 10.5. The van der Waals surface area contributed by atoms with Gasteiger partial charge in [-0.05, 0) is 37.8 Å². The van der Waals surface area contributed by atoms with Gasteiger partial charge in [0, 0.05) is 5.56 Å². The van der Waals surface area contributed by atoms with E-state index in [1.165, 1.54) is 18.4 Å². The number of hydrogen-bond acceptors (Lipinski definition) is 4. The molecule has 2 rings (SSSR count). The standard InChI is InChI=1S/C17H18FNO3S/c1-11-7-8-15(12(2)9-11)22-10-13-5-4-6-14(18)16(13)19(21)17(20)23-3/h4-9,21H,10H2,1-3H3. The Morgan fingerprint density at radius 3 is 2.70 bits per heavy atom. The molecule has 122 valence electrons. The van der Waals surface area contributed by atoms with Gasteiger partial charge in [-0.1, -0.05) is 41.6 Å². The van der Waals surface area contributed by atoms with Crippen LogP contribution in [0.25, 0.3) is 0 Å². The number of carbonyl (C=O) groups is 1. The quantitative estimate of drug-likeness (QED) is 0.650. The number of hydroxylamine groups is 1. The van der Waals surface area contributed by atoms with Crippen molar-refractivity contribution in [3.05, 3.63) is 58.9 Å². The number of ether oxygens (including phenoxy) is 1. The number of para-hydroxylation sites is 1. The van der Waals surface area contributed by atoms with Crippen molar-refractivity contribution < 1.29 is 19.1 Å². The number of thioether (sulfide) groups is 1. The van der Waals surface area contributed by atoms with Crippen molar-refractivity contribution in [2.24, 2.45) is 0 Å². The smallest absolute Gasteiger partial charge is 0.309 e. The number of carbonyl (C=O) groups excluding carboxylic acids is 1. The minimum Gasteiger partial charge on any atom is -0.489 e. The van der Waals surface area contributed by atoms with Crippen molar-refractivity contribution in [1.29, 1.82) is 0 Å². The van der Waals surface area contributed by atoms with Gasteiger partial charge in [0.05, 0.1) is 0 Å². The highest BCUT2D eigenvalue weighted by Crippen LogP contribution is 2.27. The molecular formula is C17H18FNO3S. The molecule has 0 heterocycles. The lowest BCUT2D eigenvalue weighted by Crippen LogP contribution is -2.25. The van der Waals surface area contributed by atoms with Crippen molar-refractivity contribution in [3.63, 3.8) is 0 Å². The van der Waals surface area contributed by atoms with E-state index < -0.39 is 11.1 Å². The Hall–Kier alpha value is -2.05. The van der Waals surface area contributed by atoms with Gasteiger partial charge in [0.15, 0.2) is 0 Å². The van der Waals surface area contributed by atoms with Gasteiger partial charge in [-0.15, -0.1) is 0 Å². The predicted octanol–water partition coefficient (Wildman–Crippen LogP) is 4.70. The van der Waals surface area contributed by atoms with Crippen LogP contribution in [-0.4, -0.2) is 16.7 Å². The van der Waals surface area contributed by atoms with Crippen LogP contribution < -0.4 is 9.80 Å². The van der Waals surface area contributed by atoms with E-state index in [0.717, 1.165) is 22.9 Å². The molecule has 2 aromatic rings. The second-order valence-electron chi connectivity index (χ2n) is 5.09. The number of amides is 1. The van der Waals surface area contributed by atoms with Gasteiger partial charge in [0.25, 0.3) is 0 Å². The largest absolute Gasteiger partial charge is 0.489 e. The molecule has 1 amide bonds. The molecule has 0 aliphatic heterocycles. The molecule has 1 N–H and O–H groups in total. The van der Waals surface area contributed by atoms with Crippen LogP contribution in [0.5, 0.6) is 5.75 Å². The molecule has 0 aromatic heterocycles. The third kappa shape index (κ3) is 4.03. The summed E-state index contributed by atoms with van der Waals surface area (Å²) < 4.78 is 19.8. The van der Waals surface area contributed by atoms with E-state index in [-0.39, 0.29) is 12.3 Å². The number of rotatable bonds is 4. The third-order valence-corrected chi connectivity index (χ3v) is 3.87. The number of benzene rings is 2. The van der Waals surface area contributed by atoms with Crippen molar-refractivity contribution >= 4 is 22.7 Å². The average Bonchev–Trinajstić information content (AvgIpc) is 2.52. The zero-order valence-electron chi connectivity index (χ0n) is 13.2. The fourth-order valence-electron chi connectivity index (χ4n) is 2.21. The monoisotopic (exact) mass is 335 g/mol. The summed E-state index contributed by atoms with van der Waals surface area (Å²) >= 11 is 0.793. The first kappa shape index (κ1) is 17.3. The molecule has 0 fully saturated rings. The third-order valence-electron chi connectivity index (χ3n) is 3.34. The summed E-state index contributed by atoms with van der Waals surface area (Å²) in [5.74, 6) is -0.0110. The fraction of sp³-hybridized carbons (Fsp3) is 0.235. The van der Waals surface area contributed by atoms with Crippen molar-refractivity contribution in [3.8, 4) is 5.75 Å². The Balaban J connectivity index is 2.26. The molecule has 4 nitrogen and oxygen atoms in total. The number of nitrogens with zero attached hydrogens (tertiary/aromatic N) is 1. The van der Waals surface area contributed by atoms with Gasteiger partial charge in [-0.3, -0.25) is 10.0 Å². The summed E-state index contributed by atoms with van der Waals surface area (Å²) in [6.07, 6.45) is 1.51. The molecule has 0 saturated carbocycles. The van der Waals surface area contributed by atoms with Gasteiger partial charge in [-0.2, -0.15) is 5.06 Å². The summed E-state index contributed by atoms with van der Waals surface area (Å²) in [7, 11) is 0. The Kier molecular flexibility index (Phi) is 5.63. The maximum absolute atomic E-state index is 14.0. The molecule has 6 heteroatoms. The lowest BCUT2D eigenvalue weighted by atomic mass is 10.1. The molecule has 0 aliphatic rings. The zero-order valence-corrected chi connectivity index (χ0v) is 14.0. The van der Waals surface area contributed by atoms with Crippen LogP contribution in [-0.2, 0) is 6.61 Å². The molecule has 0 spiro atoms. The molecule has 0 radical (unpaired) electrons. The summed E-state index contributed by atoms with van der Waals surface area (Å²) in [4.78, 5) is 11.6. The lowest BCUT2D eigenvalue weighted by Gasteiger charge is -2.19. The molecule has 0 bridgehead atoms. The van der Waals surface area contributed by atoms with Gasteiger partial charge >= 0.3 is 5.24 Å². The van der Waals surface area contributed by atoms with Gasteiger partial charge in [0.1, 0.15) is 23.9 Å². The first-order valence-corrected chi connectivity index (χ1v) is 8.21. The summed E-state index contributed by atoms with van der Waals surface area (Å²) in [6, 6.07) is 10.1. The molecule has 2 aromatic carbocycles. The minimum absolute atomic E-state index is 0.0374. The van der Waals surface area contributed by atoms with Crippen molar-refractivity contribution in [2.45, 2.75) is 20.5 Å². The van der Waals surface area contributed by atoms with Crippen LogP contribution in [0, 0.1) is 19.7 Å². The molecule has 0 atom stereocenters. The van der Waals surface area contributed by atoms with E-state index in [4.69, 9.17) is 4.74 Å². The zero-order chi connectivity index (χ0) is 17.0. The second kappa shape index (κ2) is 7.48. The fourth-order valence-corrected chi connectivity index (χ4v) is 2.47. The molecule has 0 unspecified atom stereocenters. The number of hydrogen-bond donors (Lipinski definition) is 1. The van der Waals surface area contributed by atoms with Crippen LogP contribution >= 0.6 is 11.8 Å². The van der Waals surface area contributed by atoms with Gasteiger partial charge in [-0.25, -0.2) is 4.39 Å². The Bertz CT molecular complexity index is 721. The average molecular weight is 335 g/mol. The summed E-state index contributed by atoms with van der Waals surface area (Å²) in [5.41, 5.74) is 2.28. The number of halogens is 1. The van der Waals surface area contributed by atoms with Crippen LogP contribution in [0.2, 0.25) is 0 Å². The van der Waals surface area contributed by atoms with Gasteiger partial charge in [0.2, 0.25) is 0 Å². The lowest BCUT2D eigenvalue weighted by molar-refractivity contribution is 0.222. The van der Waals surface area contributed by atoms with Crippen LogP contribution in [0.1, 0.15) is 16.7 Å². The first-order valence-electron chi connectivity index (χ1n) is 6.98. The predicted molar refractivity (Wildman–Crippen MR) is 89.8 cm³/mol. The second-order valence-corrected chi connectivity index (χ2v) is 5.84. The minimum atomic E-state index is -0.684. The van der Waals surface area contributed by atoms with E-state index in [0.29, 0.717) is 16.4 Å². The Labute approximate surface area is 138 Å².